The Balaban J connectivity index is 2.00. The highest BCUT2D eigenvalue weighted by Gasteiger charge is 2.22. The minimum Gasteiger partial charge on any atom is -0.495 e. The second kappa shape index (κ2) is 9.75. The number of benzene rings is 2. The predicted molar refractivity (Wildman–Crippen MR) is 111 cm³/mol. The summed E-state index contributed by atoms with van der Waals surface area (Å²) in [5.41, 5.74) is 2.66. The Labute approximate surface area is 166 Å². The number of carbonyl (C=O) groups is 2. The molecule has 0 radical (unpaired) electrons. The number of nitrogens with zero attached hydrogens (tertiary/aromatic N) is 1. The van der Waals surface area contributed by atoms with Crippen LogP contribution >= 0.6 is 0 Å². The molecular weight excluding hydrogens is 356 g/mol. The summed E-state index contributed by atoms with van der Waals surface area (Å²) in [5, 5.41) is 5.32. The van der Waals surface area contributed by atoms with Gasteiger partial charge in [-0.1, -0.05) is 24.3 Å². The number of hydrogen-bond donors (Lipinski definition) is 3. The second-order valence-corrected chi connectivity index (χ2v) is 6.98. The van der Waals surface area contributed by atoms with Gasteiger partial charge < -0.3 is 25.2 Å². The molecule has 2 aromatic rings. The summed E-state index contributed by atoms with van der Waals surface area (Å²) in [6.07, 6.45) is 0. The fourth-order valence-corrected chi connectivity index (χ4v) is 2.86. The van der Waals surface area contributed by atoms with Gasteiger partial charge in [-0.3, -0.25) is 9.59 Å². The molecule has 0 aromatic heterocycles. The van der Waals surface area contributed by atoms with E-state index in [2.05, 4.69) is 10.6 Å². The number of amides is 2. The summed E-state index contributed by atoms with van der Waals surface area (Å²) in [4.78, 5) is 27.7. The Morgan fingerprint density at radius 2 is 1.68 bits per heavy atom. The Bertz CT molecular complexity index is 804. The average molecular weight is 385 g/mol. The summed E-state index contributed by atoms with van der Waals surface area (Å²) in [5.74, 6) is -0.901. The monoisotopic (exact) mass is 385 g/mol. The molecule has 0 spiro atoms. The van der Waals surface area contributed by atoms with Crippen LogP contribution in [0.15, 0.2) is 48.5 Å². The number of hydrogen-bond acceptors (Lipinski definition) is 4. The lowest BCUT2D eigenvalue weighted by atomic mass is 10.1. The number of quaternary nitrogens is 1. The molecule has 150 valence electrons. The number of nitrogens with one attached hydrogen (secondary N) is 3. The van der Waals surface area contributed by atoms with Crippen LogP contribution in [-0.4, -0.2) is 53.7 Å². The maximum atomic E-state index is 12.3. The van der Waals surface area contributed by atoms with E-state index in [9.17, 15) is 9.59 Å². The quantitative estimate of drug-likeness (QED) is 0.614. The lowest BCUT2D eigenvalue weighted by molar-refractivity contribution is -0.890. The maximum Gasteiger partial charge on any atom is 0.313 e. The van der Waals surface area contributed by atoms with E-state index in [1.54, 1.807) is 24.3 Å². The summed E-state index contributed by atoms with van der Waals surface area (Å²) >= 11 is 0. The molecule has 0 heterocycles. The van der Waals surface area contributed by atoms with E-state index in [-0.39, 0.29) is 6.04 Å². The molecule has 1 atom stereocenters. The third-order valence-corrected chi connectivity index (χ3v) is 4.54. The van der Waals surface area contributed by atoms with Crippen LogP contribution in [0, 0.1) is 0 Å². The van der Waals surface area contributed by atoms with Gasteiger partial charge in [0.25, 0.3) is 0 Å². The van der Waals surface area contributed by atoms with E-state index < -0.39 is 11.8 Å². The first-order chi connectivity index (χ1) is 13.3. The molecule has 0 aliphatic carbocycles. The SMILES string of the molecule is COc1ccccc1NC(=O)C(=O)NC[C@H](c1ccc(N(C)C)cc1)[NH+](C)C. The fourth-order valence-electron chi connectivity index (χ4n) is 2.86. The van der Waals surface area contributed by atoms with Crippen LogP contribution in [0.1, 0.15) is 11.6 Å². The predicted octanol–water partition coefficient (Wildman–Crippen LogP) is 0.702. The molecule has 28 heavy (non-hydrogen) atoms. The highest BCUT2D eigenvalue weighted by atomic mass is 16.5. The molecule has 7 nitrogen and oxygen atoms in total. The summed E-state index contributed by atoms with van der Waals surface area (Å²) < 4.78 is 5.19. The fraction of sp³-hybridized carbons (Fsp3) is 0.333. The largest absolute Gasteiger partial charge is 0.495 e. The number of carbonyl (C=O) groups excluding carboxylic acids is 2. The number of rotatable bonds is 7. The first-order valence-corrected chi connectivity index (χ1v) is 9.13. The van der Waals surface area contributed by atoms with Crippen molar-refractivity contribution in [2.75, 3.05) is 52.1 Å². The molecule has 2 aromatic carbocycles. The Hall–Kier alpha value is -3.06. The van der Waals surface area contributed by atoms with Gasteiger partial charge in [-0.2, -0.15) is 0 Å². The third kappa shape index (κ3) is 5.47. The number of methoxy groups -OCH3 is 1. The molecule has 0 saturated heterocycles. The molecule has 2 rings (SSSR count). The van der Waals surface area contributed by atoms with Gasteiger partial charge in [0.1, 0.15) is 11.8 Å². The van der Waals surface area contributed by atoms with Crippen LogP contribution in [0.25, 0.3) is 0 Å². The zero-order chi connectivity index (χ0) is 20.7. The molecule has 0 aliphatic heterocycles. The minimum absolute atomic E-state index is 0.0271. The van der Waals surface area contributed by atoms with Gasteiger partial charge in [-0.05, 0) is 24.3 Å². The normalized spacial score (nSPS) is 11.6. The molecule has 0 saturated carbocycles. The molecule has 0 fully saturated rings. The molecule has 2 amide bonds. The van der Waals surface area contributed by atoms with Crippen molar-refractivity contribution in [3.8, 4) is 5.75 Å². The van der Waals surface area contributed by atoms with E-state index in [0.29, 0.717) is 18.0 Å². The first kappa shape index (κ1) is 21.2. The standard InChI is InChI=1S/C21H28N4O3/c1-24(2)16-12-10-15(11-13-16)18(25(3)4)14-22-20(26)21(27)23-17-8-6-7-9-19(17)28-5/h6-13,18H,14H2,1-5H3,(H,22,26)(H,23,27)/p+1/t18-/m1/s1. The molecule has 7 heteroatoms. The van der Waals surface area contributed by atoms with Crippen LogP contribution in [0.5, 0.6) is 5.75 Å². The summed E-state index contributed by atoms with van der Waals surface area (Å²) in [6.45, 7) is 0.349. The number of likely N-dealkylation sites (N-methyl/N-ethyl adjacent to an activating group) is 1. The number of ether oxygens (including phenoxy) is 1. The zero-order valence-electron chi connectivity index (χ0n) is 17.1. The van der Waals surface area contributed by atoms with Crippen molar-refractivity contribution in [1.82, 2.24) is 5.32 Å². The van der Waals surface area contributed by atoms with Crippen LogP contribution < -0.4 is 25.2 Å². The maximum absolute atomic E-state index is 12.3. The van der Waals surface area contributed by atoms with Crippen molar-refractivity contribution >= 4 is 23.2 Å². The van der Waals surface area contributed by atoms with Gasteiger partial charge >= 0.3 is 11.8 Å². The molecule has 3 N–H and O–H groups in total. The zero-order valence-corrected chi connectivity index (χ0v) is 17.1. The molecular formula is C21H29N4O3+. The highest BCUT2D eigenvalue weighted by molar-refractivity contribution is 6.39. The summed E-state index contributed by atoms with van der Waals surface area (Å²) in [6, 6.07) is 15.2. The third-order valence-electron chi connectivity index (χ3n) is 4.54. The van der Waals surface area contributed by atoms with E-state index in [1.165, 1.54) is 7.11 Å². The van der Waals surface area contributed by atoms with Crippen molar-refractivity contribution in [3.05, 3.63) is 54.1 Å². The lowest BCUT2D eigenvalue weighted by Gasteiger charge is -2.23. The van der Waals surface area contributed by atoms with Crippen molar-refractivity contribution < 1.29 is 19.2 Å². The van der Waals surface area contributed by atoms with E-state index in [4.69, 9.17) is 4.74 Å². The topological polar surface area (TPSA) is 75.1 Å². The van der Waals surface area contributed by atoms with E-state index in [1.807, 2.05) is 57.4 Å². The van der Waals surface area contributed by atoms with Crippen LogP contribution in [0.4, 0.5) is 11.4 Å². The highest BCUT2D eigenvalue weighted by Crippen LogP contribution is 2.22. The number of para-hydroxylation sites is 2. The Morgan fingerprint density at radius 3 is 2.25 bits per heavy atom. The van der Waals surface area contributed by atoms with Gasteiger partial charge in [-0.25, -0.2) is 0 Å². The first-order valence-electron chi connectivity index (χ1n) is 9.13. The molecule has 0 unspecified atom stereocenters. The van der Waals surface area contributed by atoms with Crippen molar-refractivity contribution in [2.24, 2.45) is 0 Å². The van der Waals surface area contributed by atoms with Crippen molar-refractivity contribution in [3.63, 3.8) is 0 Å². The van der Waals surface area contributed by atoms with Crippen molar-refractivity contribution in [1.29, 1.82) is 0 Å². The Morgan fingerprint density at radius 1 is 1.04 bits per heavy atom. The van der Waals surface area contributed by atoms with E-state index in [0.717, 1.165) is 16.2 Å². The van der Waals surface area contributed by atoms with E-state index >= 15 is 0 Å². The van der Waals surface area contributed by atoms with Crippen LogP contribution in [-0.2, 0) is 9.59 Å². The van der Waals surface area contributed by atoms with Gasteiger partial charge in [0.2, 0.25) is 0 Å². The van der Waals surface area contributed by atoms with Gasteiger partial charge in [0.15, 0.2) is 0 Å². The second-order valence-electron chi connectivity index (χ2n) is 6.98. The van der Waals surface area contributed by atoms with Crippen LogP contribution in [0.3, 0.4) is 0 Å². The smallest absolute Gasteiger partial charge is 0.313 e. The molecule has 0 bridgehead atoms. The Kier molecular flexibility index (Phi) is 7.40. The van der Waals surface area contributed by atoms with Crippen molar-refractivity contribution in [2.45, 2.75) is 6.04 Å². The number of anilines is 2. The molecule has 0 aliphatic rings. The van der Waals surface area contributed by atoms with Gasteiger partial charge in [0, 0.05) is 25.3 Å². The van der Waals surface area contributed by atoms with Gasteiger partial charge in [-0.15, -0.1) is 0 Å². The average Bonchev–Trinajstić information content (AvgIpc) is 2.68. The van der Waals surface area contributed by atoms with Crippen LogP contribution in [0.2, 0.25) is 0 Å². The summed E-state index contributed by atoms with van der Waals surface area (Å²) in [7, 11) is 9.53. The minimum atomic E-state index is -0.722. The van der Waals surface area contributed by atoms with Gasteiger partial charge in [0.05, 0.1) is 33.4 Å². The lowest BCUT2D eigenvalue weighted by Crippen LogP contribution is -3.07.